The van der Waals surface area contributed by atoms with Crippen LogP contribution in [-0.4, -0.2) is 13.1 Å². The molecule has 1 aromatic carbocycles. The standard InChI is InChI=1S/C13H17F2N/c1-2-11-12(14)8-10(9-13(11)15)16-6-4-3-5-7-16/h8-9H,2-7H2,1H3. The summed E-state index contributed by atoms with van der Waals surface area (Å²) in [5.41, 5.74) is 0.882. The van der Waals surface area contributed by atoms with Crippen molar-refractivity contribution in [1.29, 1.82) is 0 Å². The molecule has 0 aromatic heterocycles. The van der Waals surface area contributed by atoms with E-state index in [0.717, 1.165) is 25.9 Å². The largest absolute Gasteiger partial charge is 0.371 e. The summed E-state index contributed by atoms with van der Waals surface area (Å²) in [7, 11) is 0. The van der Waals surface area contributed by atoms with E-state index in [1.165, 1.54) is 18.6 Å². The number of piperidine rings is 1. The molecule has 1 fully saturated rings. The molecule has 1 nitrogen and oxygen atoms in total. The number of halogens is 2. The van der Waals surface area contributed by atoms with E-state index in [1.807, 2.05) is 0 Å². The van der Waals surface area contributed by atoms with E-state index in [1.54, 1.807) is 6.92 Å². The normalized spacial score (nSPS) is 16.6. The molecule has 2 rings (SSSR count). The molecule has 88 valence electrons. The van der Waals surface area contributed by atoms with Crippen LogP contribution in [0.5, 0.6) is 0 Å². The first kappa shape index (κ1) is 11.4. The van der Waals surface area contributed by atoms with Crippen LogP contribution in [0.15, 0.2) is 12.1 Å². The Morgan fingerprint density at radius 1 is 1.06 bits per heavy atom. The lowest BCUT2D eigenvalue weighted by atomic mass is 10.1. The number of rotatable bonds is 2. The topological polar surface area (TPSA) is 3.24 Å². The summed E-state index contributed by atoms with van der Waals surface area (Å²) in [6.45, 7) is 3.58. The number of hydrogen-bond acceptors (Lipinski definition) is 1. The van der Waals surface area contributed by atoms with Crippen molar-refractivity contribution in [3.8, 4) is 0 Å². The fraction of sp³-hybridized carbons (Fsp3) is 0.538. The van der Waals surface area contributed by atoms with Crippen molar-refractivity contribution >= 4 is 5.69 Å². The molecule has 16 heavy (non-hydrogen) atoms. The van der Waals surface area contributed by atoms with Crippen LogP contribution in [0.4, 0.5) is 14.5 Å². The molecule has 3 heteroatoms. The van der Waals surface area contributed by atoms with Crippen molar-refractivity contribution in [3.05, 3.63) is 29.3 Å². The maximum absolute atomic E-state index is 13.6. The second kappa shape index (κ2) is 4.81. The van der Waals surface area contributed by atoms with Crippen molar-refractivity contribution in [3.63, 3.8) is 0 Å². The molecule has 1 aliphatic heterocycles. The van der Waals surface area contributed by atoms with Gasteiger partial charge in [0.15, 0.2) is 0 Å². The minimum Gasteiger partial charge on any atom is -0.371 e. The Labute approximate surface area is 95.1 Å². The highest BCUT2D eigenvalue weighted by atomic mass is 19.1. The Morgan fingerprint density at radius 3 is 2.12 bits per heavy atom. The van der Waals surface area contributed by atoms with E-state index in [-0.39, 0.29) is 5.56 Å². The molecular weight excluding hydrogens is 208 g/mol. The van der Waals surface area contributed by atoms with Gasteiger partial charge in [-0.2, -0.15) is 0 Å². The third kappa shape index (κ3) is 2.18. The first-order valence-electron chi connectivity index (χ1n) is 5.95. The predicted octanol–water partition coefficient (Wildman–Crippen LogP) is 3.52. The number of nitrogens with zero attached hydrogens (tertiary/aromatic N) is 1. The summed E-state index contributed by atoms with van der Waals surface area (Å²) < 4.78 is 27.2. The highest BCUT2D eigenvalue weighted by Crippen LogP contribution is 2.25. The molecule has 1 saturated heterocycles. The minimum absolute atomic E-state index is 0.195. The van der Waals surface area contributed by atoms with Crippen molar-refractivity contribution in [1.82, 2.24) is 0 Å². The van der Waals surface area contributed by atoms with Crippen LogP contribution >= 0.6 is 0 Å². The first-order chi connectivity index (χ1) is 7.72. The average molecular weight is 225 g/mol. The molecule has 0 bridgehead atoms. The third-order valence-corrected chi connectivity index (χ3v) is 3.20. The second-order valence-electron chi connectivity index (χ2n) is 4.29. The molecule has 0 N–H and O–H groups in total. The molecule has 0 atom stereocenters. The first-order valence-corrected chi connectivity index (χ1v) is 5.95. The number of benzene rings is 1. The van der Waals surface area contributed by atoms with Crippen LogP contribution in [0, 0.1) is 11.6 Å². The Kier molecular flexibility index (Phi) is 3.42. The van der Waals surface area contributed by atoms with Crippen molar-refractivity contribution in [2.45, 2.75) is 32.6 Å². The van der Waals surface area contributed by atoms with Crippen molar-refractivity contribution in [2.24, 2.45) is 0 Å². The molecule has 0 amide bonds. The SMILES string of the molecule is CCc1c(F)cc(N2CCCCC2)cc1F. The smallest absolute Gasteiger partial charge is 0.131 e. The molecular formula is C13H17F2N. The van der Waals surface area contributed by atoms with E-state index in [9.17, 15) is 8.78 Å². The zero-order valence-corrected chi connectivity index (χ0v) is 9.60. The quantitative estimate of drug-likeness (QED) is 0.744. The molecule has 0 radical (unpaired) electrons. The van der Waals surface area contributed by atoms with Gasteiger partial charge in [0.05, 0.1) is 0 Å². The van der Waals surface area contributed by atoms with Crippen molar-refractivity contribution < 1.29 is 8.78 Å². The summed E-state index contributed by atoms with van der Waals surface area (Å²) in [5, 5.41) is 0. The maximum atomic E-state index is 13.6. The molecule has 1 aromatic rings. The Morgan fingerprint density at radius 2 is 1.62 bits per heavy atom. The number of anilines is 1. The monoisotopic (exact) mass is 225 g/mol. The zero-order valence-electron chi connectivity index (χ0n) is 9.60. The van der Waals surface area contributed by atoms with Crippen molar-refractivity contribution in [2.75, 3.05) is 18.0 Å². The second-order valence-corrected chi connectivity index (χ2v) is 4.29. The van der Waals surface area contributed by atoms with Crippen LogP contribution in [0.25, 0.3) is 0 Å². The third-order valence-electron chi connectivity index (χ3n) is 3.20. The zero-order chi connectivity index (χ0) is 11.5. The lowest BCUT2D eigenvalue weighted by molar-refractivity contribution is 0.547. The molecule has 0 spiro atoms. The average Bonchev–Trinajstić information content (AvgIpc) is 2.30. The Bertz CT molecular complexity index is 347. The van der Waals surface area contributed by atoms with Crippen LogP contribution < -0.4 is 4.90 Å². The van der Waals surface area contributed by atoms with Gasteiger partial charge < -0.3 is 4.90 Å². The van der Waals surface area contributed by atoms with Crippen LogP contribution in [-0.2, 0) is 6.42 Å². The molecule has 0 saturated carbocycles. The molecule has 0 unspecified atom stereocenters. The van der Waals surface area contributed by atoms with Crippen LogP contribution in [0.1, 0.15) is 31.7 Å². The van der Waals surface area contributed by atoms with Gasteiger partial charge in [0.1, 0.15) is 11.6 Å². The molecule has 1 heterocycles. The fourth-order valence-electron chi connectivity index (χ4n) is 2.26. The molecule has 0 aliphatic carbocycles. The summed E-state index contributed by atoms with van der Waals surface area (Å²) in [6, 6.07) is 2.93. The van der Waals surface area contributed by atoms with Gasteiger partial charge in [0.25, 0.3) is 0 Å². The van der Waals surface area contributed by atoms with Gasteiger partial charge in [0.2, 0.25) is 0 Å². The molecule has 1 aliphatic rings. The lowest BCUT2D eigenvalue weighted by Crippen LogP contribution is -2.29. The van der Waals surface area contributed by atoms with E-state index in [2.05, 4.69) is 4.90 Å². The number of hydrogen-bond donors (Lipinski definition) is 0. The highest BCUT2D eigenvalue weighted by molar-refractivity contribution is 5.49. The summed E-state index contributed by atoms with van der Waals surface area (Å²) in [4.78, 5) is 2.06. The van der Waals surface area contributed by atoms with Gasteiger partial charge in [-0.05, 0) is 37.8 Å². The fourth-order valence-corrected chi connectivity index (χ4v) is 2.26. The highest BCUT2D eigenvalue weighted by Gasteiger charge is 2.15. The van der Waals surface area contributed by atoms with Gasteiger partial charge in [0, 0.05) is 24.3 Å². The van der Waals surface area contributed by atoms with Gasteiger partial charge >= 0.3 is 0 Å². The van der Waals surface area contributed by atoms with Gasteiger partial charge in [-0.1, -0.05) is 6.92 Å². The van der Waals surface area contributed by atoms with Crippen LogP contribution in [0.2, 0.25) is 0 Å². The van der Waals surface area contributed by atoms with E-state index >= 15 is 0 Å². The van der Waals surface area contributed by atoms with Gasteiger partial charge in [-0.15, -0.1) is 0 Å². The summed E-state index contributed by atoms with van der Waals surface area (Å²) >= 11 is 0. The maximum Gasteiger partial charge on any atom is 0.131 e. The Hall–Kier alpha value is -1.12. The summed E-state index contributed by atoms with van der Waals surface area (Å²) in [6.07, 6.45) is 3.84. The van der Waals surface area contributed by atoms with E-state index in [0.29, 0.717) is 12.1 Å². The minimum atomic E-state index is -0.414. The predicted molar refractivity (Wildman–Crippen MR) is 61.8 cm³/mol. The van der Waals surface area contributed by atoms with Crippen LogP contribution in [0.3, 0.4) is 0 Å². The van der Waals surface area contributed by atoms with Gasteiger partial charge in [-0.25, -0.2) is 8.78 Å². The Balaban J connectivity index is 2.28. The van der Waals surface area contributed by atoms with E-state index in [4.69, 9.17) is 0 Å². The lowest BCUT2D eigenvalue weighted by Gasteiger charge is -2.29. The van der Waals surface area contributed by atoms with Gasteiger partial charge in [-0.3, -0.25) is 0 Å². The van der Waals surface area contributed by atoms with E-state index < -0.39 is 11.6 Å². The summed E-state index contributed by atoms with van der Waals surface area (Å²) in [5.74, 6) is -0.828.